The van der Waals surface area contributed by atoms with Crippen LogP contribution < -0.4 is 10.0 Å². The van der Waals surface area contributed by atoms with E-state index in [9.17, 15) is 15.1 Å². The number of aromatic amines is 1. The third-order valence-electron chi connectivity index (χ3n) is 6.64. The number of carbonyl (C=O) groups is 1. The number of halogens is 2. The Bertz CT molecular complexity index is 1720. The summed E-state index contributed by atoms with van der Waals surface area (Å²) in [6.07, 6.45) is 3.60. The molecule has 0 bridgehead atoms. The first-order valence-corrected chi connectivity index (χ1v) is 12.4. The molecule has 0 radical (unpaired) electrons. The number of amides is 1. The molecule has 14 heteroatoms. The minimum Gasteiger partial charge on any atom is -0.618 e. The maximum Gasteiger partial charge on any atom is 0.409 e. The first-order valence-electron chi connectivity index (χ1n) is 11.6. The lowest BCUT2D eigenvalue weighted by molar-refractivity contribution is -0.620. The average molecular weight is 565 g/mol. The van der Waals surface area contributed by atoms with Gasteiger partial charge in [0.25, 0.3) is 0 Å². The van der Waals surface area contributed by atoms with Crippen molar-refractivity contribution in [3.63, 3.8) is 0 Å². The molecule has 1 aliphatic carbocycles. The minimum absolute atomic E-state index is 0.0872. The lowest BCUT2D eigenvalue weighted by atomic mass is 9.98. The quantitative estimate of drug-likeness (QED) is 0.184. The smallest absolute Gasteiger partial charge is 0.409 e. The molecule has 1 unspecified atom stereocenters. The molecule has 3 heterocycles. The number of aromatic nitrogens is 7. The minimum atomic E-state index is -1.71. The SMILES string of the molecule is O=C(O)Nc1ccc(-c2cnc(C3(O)CCc4c(Cl)c(-c5cc(Cl)ccc5-n5cnnn5)c[n+]([O-])c43)[nH]2)cc1. The molecule has 2 aromatic carbocycles. The third-order valence-corrected chi connectivity index (χ3v) is 7.31. The number of rotatable bonds is 5. The Morgan fingerprint density at radius 1 is 1.18 bits per heavy atom. The Morgan fingerprint density at radius 2 is 1.97 bits per heavy atom. The second-order valence-electron chi connectivity index (χ2n) is 8.94. The van der Waals surface area contributed by atoms with Crippen LogP contribution in [0.15, 0.2) is 61.2 Å². The van der Waals surface area contributed by atoms with Gasteiger partial charge in [-0.3, -0.25) is 5.32 Å². The van der Waals surface area contributed by atoms with E-state index in [1.807, 2.05) is 0 Å². The number of imidazole rings is 1. The monoisotopic (exact) mass is 564 g/mol. The van der Waals surface area contributed by atoms with E-state index in [1.165, 1.54) is 17.2 Å². The second kappa shape index (κ2) is 9.34. The third kappa shape index (κ3) is 4.24. The fourth-order valence-corrected chi connectivity index (χ4v) is 5.38. The number of benzene rings is 2. The number of aliphatic hydroxyl groups is 1. The Morgan fingerprint density at radius 3 is 2.69 bits per heavy atom. The molecule has 3 aromatic heterocycles. The van der Waals surface area contributed by atoms with Gasteiger partial charge in [0.15, 0.2) is 6.20 Å². The van der Waals surface area contributed by atoms with Gasteiger partial charge in [-0.2, -0.15) is 9.41 Å². The first-order chi connectivity index (χ1) is 18.7. The van der Waals surface area contributed by atoms with Gasteiger partial charge in [0.05, 0.1) is 28.2 Å². The summed E-state index contributed by atoms with van der Waals surface area (Å²) in [5.41, 5.74) is 2.11. The lowest BCUT2D eigenvalue weighted by Crippen LogP contribution is -2.42. The highest BCUT2D eigenvalue weighted by Gasteiger charge is 2.49. The number of nitrogens with zero attached hydrogens (tertiary/aromatic N) is 6. The number of fused-ring (bicyclic) bond motifs is 1. The number of tetrazole rings is 1. The fraction of sp³-hybridized carbons (Fsp3) is 0.120. The van der Waals surface area contributed by atoms with Crippen LogP contribution in [0.25, 0.3) is 28.1 Å². The molecule has 5 aromatic rings. The molecule has 0 saturated heterocycles. The molecule has 39 heavy (non-hydrogen) atoms. The van der Waals surface area contributed by atoms with E-state index in [0.717, 1.165) is 0 Å². The number of anilines is 1. The number of nitrogens with one attached hydrogen (secondary N) is 2. The molecule has 12 nitrogen and oxygen atoms in total. The van der Waals surface area contributed by atoms with E-state index in [1.54, 1.807) is 48.7 Å². The molecule has 0 aliphatic heterocycles. The van der Waals surface area contributed by atoms with Crippen LogP contribution in [0.2, 0.25) is 10.0 Å². The molecule has 0 spiro atoms. The van der Waals surface area contributed by atoms with E-state index < -0.39 is 11.7 Å². The van der Waals surface area contributed by atoms with E-state index in [2.05, 4.69) is 30.8 Å². The molecule has 0 saturated carbocycles. The van der Waals surface area contributed by atoms with Crippen LogP contribution in [0.1, 0.15) is 23.5 Å². The summed E-state index contributed by atoms with van der Waals surface area (Å²) >= 11 is 13.1. The highest BCUT2D eigenvalue weighted by Crippen LogP contribution is 2.45. The largest absolute Gasteiger partial charge is 0.618 e. The van der Waals surface area contributed by atoms with Crippen LogP contribution in [-0.2, 0) is 12.0 Å². The summed E-state index contributed by atoms with van der Waals surface area (Å²) in [6, 6.07) is 11.7. The van der Waals surface area contributed by atoms with Crippen LogP contribution >= 0.6 is 23.2 Å². The summed E-state index contributed by atoms with van der Waals surface area (Å²) in [6.45, 7) is 0. The number of H-pyrrole nitrogens is 1. The van der Waals surface area contributed by atoms with Crippen molar-refractivity contribution in [2.24, 2.45) is 0 Å². The van der Waals surface area contributed by atoms with Gasteiger partial charge in [0, 0.05) is 21.8 Å². The standard InChI is InChI=1S/C25H18Cl2N8O4/c26-14-3-6-20(34-12-29-32-33-34)17(9-14)18-11-35(39)22-16(21(18)27)7-8-25(22,38)23-28-10-19(31-23)13-1-4-15(5-2-13)30-24(36)37/h1-6,9-12,30,38H,7-8H2,(H,28,31)(H,36,37). The number of pyridine rings is 1. The van der Waals surface area contributed by atoms with E-state index in [4.69, 9.17) is 28.3 Å². The molecule has 1 aliphatic rings. The zero-order valence-electron chi connectivity index (χ0n) is 19.8. The highest BCUT2D eigenvalue weighted by molar-refractivity contribution is 6.34. The summed E-state index contributed by atoms with van der Waals surface area (Å²) in [4.78, 5) is 18.3. The molecular formula is C25H18Cl2N8O4. The van der Waals surface area contributed by atoms with Crippen LogP contribution in [0, 0.1) is 5.21 Å². The lowest BCUT2D eigenvalue weighted by Gasteiger charge is -2.21. The van der Waals surface area contributed by atoms with Crippen LogP contribution in [0.5, 0.6) is 0 Å². The van der Waals surface area contributed by atoms with Gasteiger partial charge in [0.1, 0.15) is 12.2 Å². The summed E-state index contributed by atoms with van der Waals surface area (Å²) in [7, 11) is 0. The van der Waals surface area contributed by atoms with E-state index in [0.29, 0.717) is 60.5 Å². The average Bonchev–Trinajstić information content (AvgIpc) is 3.67. The van der Waals surface area contributed by atoms with Crippen molar-refractivity contribution in [1.29, 1.82) is 0 Å². The van der Waals surface area contributed by atoms with Crippen molar-refractivity contribution in [3.8, 4) is 28.1 Å². The molecule has 0 fully saturated rings. The van der Waals surface area contributed by atoms with Crippen molar-refractivity contribution in [2.45, 2.75) is 18.4 Å². The number of hydrogen-bond donors (Lipinski definition) is 4. The van der Waals surface area contributed by atoms with Gasteiger partial charge < -0.3 is 20.4 Å². The van der Waals surface area contributed by atoms with Crippen LogP contribution in [-0.4, -0.2) is 46.5 Å². The topological polar surface area (TPSA) is 169 Å². The van der Waals surface area contributed by atoms with Crippen molar-refractivity contribution in [2.75, 3.05) is 5.32 Å². The Labute approximate surface area is 230 Å². The van der Waals surface area contributed by atoms with E-state index >= 15 is 0 Å². The van der Waals surface area contributed by atoms with Crippen molar-refractivity contribution in [1.82, 2.24) is 30.2 Å². The first kappa shape index (κ1) is 24.8. The Hall–Kier alpha value is -4.52. The van der Waals surface area contributed by atoms with Gasteiger partial charge in [-0.15, -0.1) is 5.10 Å². The zero-order valence-corrected chi connectivity index (χ0v) is 21.3. The van der Waals surface area contributed by atoms with Crippen molar-refractivity contribution < 1.29 is 19.7 Å². The summed E-state index contributed by atoms with van der Waals surface area (Å²) in [5.74, 6) is 0.189. The fourth-order valence-electron chi connectivity index (χ4n) is 4.87. The zero-order chi connectivity index (χ0) is 27.3. The van der Waals surface area contributed by atoms with Crippen LogP contribution in [0.4, 0.5) is 10.5 Å². The molecule has 1 atom stereocenters. The van der Waals surface area contributed by atoms with Gasteiger partial charge in [0.2, 0.25) is 11.3 Å². The molecular weight excluding hydrogens is 547 g/mol. The Balaban J connectivity index is 1.39. The number of hydrogen-bond acceptors (Lipinski definition) is 7. The van der Waals surface area contributed by atoms with Gasteiger partial charge in [-0.05, 0) is 59.2 Å². The second-order valence-corrected chi connectivity index (χ2v) is 9.75. The highest BCUT2D eigenvalue weighted by atomic mass is 35.5. The predicted octanol–water partition coefficient (Wildman–Crippen LogP) is 3.93. The Kier molecular flexibility index (Phi) is 5.94. The van der Waals surface area contributed by atoms with Crippen molar-refractivity contribution >= 4 is 35.0 Å². The maximum atomic E-state index is 13.5. The van der Waals surface area contributed by atoms with Crippen molar-refractivity contribution in [3.05, 3.63) is 93.5 Å². The van der Waals surface area contributed by atoms with Gasteiger partial charge in [-0.1, -0.05) is 35.3 Å². The molecule has 196 valence electrons. The summed E-state index contributed by atoms with van der Waals surface area (Å²) in [5, 5.41) is 48.4. The molecule has 1 amide bonds. The summed E-state index contributed by atoms with van der Waals surface area (Å²) < 4.78 is 2.05. The predicted molar refractivity (Wildman–Crippen MR) is 141 cm³/mol. The van der Waals surface area contributed by atoms with Crippen LogP contribution in [0.3, 0.4) is 0 Å². The van der Waals surface area contributed by atoms with Gasteiger partial charge in [-0.25, -0.2) is 9.78 Å². The maximum absolute atomic E-state index is 13.5. The van der Waals surface area contributed by atoms with Gasteiger partial charge >= 0.3 is 6.09 Å². The number of carboxylic acid groups (broad SMARTS) is 1. The molecule has 6 rings (SSSR count). The molecule has 4 N–H and O–H groups in total. The normalized spacial score (nSPS) is 16.3. The van der Waals surface area contributed by atoms with E-state index in [-0.39, 0.29) is 17.9 Å².